The number of nitrogens with two attached hydrogens (primary N) is 1. The summed E-state index contributed by atoms with van der Waals surface area (Å²) in [5.41, 5.74) is 8.04. The number of likely N-dealkylation sites (N-methyl/N-ethyl adjacent to an activating group) is 1. The first-order valence-electron chi connectivity index (χ1n) is 7.04. The van der Waals surface area contributed by atoms with Crippen LogP contribution in [0.1, 0.15) is 46.5 Å². The van der Waals surface area contributed by atoms with E-state index in [9.17, 15) is 4.79 Å². The Morgan fingerprint density at radius 3 is 2.89 bits per heavy atom. The number of hydrogen-bond acceptors (Lipinski definition) is 4. The monoisotopic (exact) mass is 279 g/mol. The summed E-state index contributed by atoms with van der Waals surface area (Å²) in [6.07, 6.45) is 5.62. The summed E-state index contributed by atoms with van der Waals surface area (Å²) in [6, 6.07) is 0.355. The zero-order valence-corrected chi connectivity index (χ0v) is 12.2. The van der Waals surface area contributed by atoms with Gasteiger partial charge in [-0.1, -0.05) is 12.8 Å². The molecule has 1 saturated carbocycles. The van der Waals surface area contributed by atoms with Gasteiger partial charge in [0.1, 0.15) is 0 Å². The van der Waals surface area contributed by atoms with Gasteiger partial charge in [0.15, 0.2) is 0 Å². The van der Waals surface area contributed by atoms with Crippen LogP contribution < -0.4 is 11.1 Å². The zero-order valence-electron chi connectivity index (χ0n) is 11.4. The molecule has 104 valence electrons. The molecule has 0 radical (unpaired) electrons. The van der Waals surface area contributed by atoms with Crippen LogP contribution in [0.4, 0.5) is 5.00 Å². The molecular formula is C14H21N3OS. The molecule has 0 spiro atoms. The fraction of sp³-hybridized carbons (Fsp3) is 0.643. The van der Waals surface area contributed by atoms with Crippen molar-refractivity contribution in [2.75, 3.05) is 19.3 Å². The number of anilines is 1. The van der Waals surface area contributed by atoms with E-state index >= 15 is 0 Å². The molecule has 5 heteroatoms. The van der Waals surface area contributed by atoms with Gasteiger partial charge >= 0.3 is 0 Å². The molecule has 0 bridgehead atoms. The third kappa shape index (κ3) is 2.49. The molecule has 0 unspecified atom stereocenters. The van der Waals surface area contributed by atoms with Gasteiger partial charge < -0.3 is 16.0 Å². The van der Waals surface area contributed by atoms with E-state index in [1.165, 1.54) is 23.3 Å². The highest BCUT2D eigenvalue weighted by atomic mass is 32.1. The number of fused-ring (bicyclic) bond motifs is 1. The predicted molar refractivity (Wildman–Crippen MR) is 78.5 cm³/mol. The van der Waals surface area contributed by atoms with Crippen LogP contribution in [0.15, 0.2) is 0 Å². The fourth-order valence-corrected chi connectivity index (χ4v) is 4.32. The van der Waals surface area contributed by atoms with Crippen molar-refractivity contribution in [3.05, 3.63) is 16.0 Å². The minimum Gasteiger partial charge on any atom is -0.390 e. The summed E-state index contributed by atoms with van der Waals surface area (Å²) < 4.78 is 0. The van der Waals surface area contributed by atoms with Crippen LogP contribution in [0.5, 0.6) is 0 Å². The molecule has 19 heavy (non-hydrogen) atoms. The van der Waals surface area contributed by atoms with Crippen molar-refractivity contribution in [1.29, 1.82) is 0 Å². The van der Waals surface area contributed by atoms with Crippen LogP contribution in [0.3, 0.4) is 0 Å². The molecule has 0 saturated heterocycles. The largest absolute Gasteiger partial charge is 0.390 e. The van der Waals surface area contributed by atoms with E-state index in [1.54, 1.807) is 11.3 Å². The number of carbonyl (C=O) groups excluding carboxylic acids is 1. The highest BCUT2D eigenvalue weighted by Crippen LogP contribution is 2.35. The van der Waals surface area contributed by atoms with Crippen molar-refractivity contribution in [2.45, 2.75) is 44.7 Å². The van der Waals surface area contributed by atoms with E-state index in [2.05, 4.69) is 17.3 Å². The molecule has 3 rings (SSSR count). The number of thiophene rings is 1. The van der Waals surface area contributed by atoms with Gasteiger partial charge in [-0.15, -0.1) is 11.3 Å². The Balaban J connectivity index is 1.81. The Bertz CT molecular complexity index is 491. The molecule has 1 aromatic rings. The van der Waals surface area contributed by atoms with Crippen LogP contribution in [0.2, 0.25) is 0 Å². The van der Waals surface area contributed by atoms with Gasteiger partial charge in [0.2, 0.25) is 0 Å². The molecule has 2 aliphatic rings. The van der Waals surface area contributed by atoms with Crippen molar-refractivity contribution in [2.24, 2.45) is 0 Å². The molecule has 2 heterocycles. The molecule has 0 aromatic carbocycles. The molecule has 0 atom stereocenters. The van der Waals surface area contributed by atoms with Crippen LogP contribution in [-0.4, -0.2) is 30.4 Å². The van der Waals surface area contributed by atoms with Crippen molar-refractivity contribution < 1.29 is 4.79 Å². The van der Waals surface area contributed by atoms with E-state index in [0.717, 1.165) is 37.9 Å². The molecule has 1 amide bonds. The van der Waals surface area contributed by atoms with Crippen molar-refractivity contribution in [3.63, 3.8) is 0 Å². The second kappa shape index (κ2) is 5.13. The zero-order chi connectivity index (χ0) is 13.4. The van der Waals surface area contributed by atoms with E-state index in [0.29, 0.717) is 11.0 Å². The summed E-state index contributed by atoms with van der Waals surface area (Å²) in [6.45, 7) is 1.92. The number of nitrogens with one attached hydrogen (secondary N) is 1. The molecule has 4 nitrogen and oxygen atoms in total. The number of nitrogen functional groups attached to an aromatic ring is 1. The molecular weight excluding hydrogens is 258 g/mol. The lowest BCUT2D eigenvalue weighted by Gasteiger charge is -2.22. The normalized spacial score (nSPS) is 20.5. The quantitative estimate of drug-likeness (QED) is 0.870. The lowest BCUT2D eigenvalue weighted by molar-refractivity contribution is 0.0937. The Kier molecular flexibility index (Phi) is 3.50. The van der Waals surface area contributed by atoms with E-state index in [4.69, 9.17) is 5.73 Å². The molecule has 1 fully saturated rings. The first-order valence-corrected chi connectivity index (χ1v) is 7.86. The van der Waals surface area contributed by atoms with Crippen molar-refractivity contribution in [1.82, 2.24) is 10.2 Å². The minimum atomic E-state index is 0.0476. The summed E-state index contributed by atoms with van der Waals surface area (Å²) in [4.78, 5) is 16.0. The van der Waals surface area contributed by atoms with Crippen LogP contribution >= 0.6 is 11.3 Å². The van der Waals surface area contributed by atoms with Gasteiger partial charge in [0, 0.05) is 24.0 Å². The molecule has 1 aromatic heterocycles. The minimum absolute atomic E-state index is 0.0476. The maximum atomic E-state index is 12.4. The first-order chi connectivity index (χ1) is 9.15. The van der Waals surface area contributed by atoms with Crippen LogP contribution in [0, 0.1) is 0 Å². The average Bonchev–Trinajstić information content (AvgIpc) is 2.95. The number of amides is 1. The van der Waals surface area contributed by atoms with Crippen LogP contribution in [-0.2, 0) is 13.0 Å². The predicted octanol–water partition coefficient (Wildman–Crippen LogP) is 1.99. The number of rotatable bonds is 2. The number of nitrogens with zero attached hydrogens (tertiary/aromatic N) is 1. The lowest BCUT2D eigenvalue weighted by Crippen LogP contribution is -2.34. The molecule has 3 N–H and O–H groups in total. The van der Waals surface area contributed by atoms with E-state index in [-0.39, 0.29) is 5.91 Å². The highest BCUT2D eigenvalue weighted by molar-refractivity contribution is 7.16. The smallest absolute Gasteiger partial charge is 0.254 e. The summed E-state index contributed by atoms with van der Waals surface area (Å²) in [7, 11) is 2.11. The Morgan fingerprint density at radius 1 is 1.42 bits per heavy atom. The van der Waals surface area contributed by atoms with Crippen molar-refractivity contribution in [3.8, 4) is 0 Å². The summed E-state index contributed by atoms with van der Waals surface area (Å²) >= 11 is 1.58. The fourth-order valence-electron chi connectivity index (χ4n) is 3.13. The lowest BCUT2D eigenvalue weighted by atomic mass is 10.0. The van der Waals surface area contributed by atoms with Gasteiger partial charge in [-0.05, 0) is 31.9 Å². The third-order valence-electron chi connectivity index (χ3n) is 4.19. The molecule has 1 aliphatic carbocycles. The van der Waals surface area contributed by atoms with Gasteiger partial charge in [-0.3, -0.25) is 4.79 Å². The maximum absolute atomic E-state index is 12.4. The highest BCUT2D eigenvalue weighted by Gasteiger charge is 2.27. The van der Waals surface area contributed by atoms with E-state index < -0.39 is 0 Å². The molecule has 1 aliphatic heterocycles. The second-order valence-corrected chi connectivity index (χ2v) is 6.82. The number of carbonyl (C=O) groups is 1. The number of hydrogen-bond donors (Lipinski definition) is 2. The second-order valence-electron chi connectivity index (χ2n) is 5.69. The van der Waals surface area contributed by atoms with Gasteiger partial charge in [-0.25, -0.2) is 0 Å². The SMILES string of the molecule is CN1CCc2c(sc(N)c2C(=O)NC2CCCC2)C1. The maximum Gasteiger partial charge on any atom is 0.254 e. The van der Waals surface area contributed by atoms with Crippen LogP contribution in [0.25, 0.3) is 0 Å². The van der Waals surface area contributed by atoms with Gasteiger partial charge in [0.05, 0.1) is 10.6 Å². The van der Waals surface area contributed by atoms with E-state index in [1.807, 2.05) is 0 Å². The topological polar surface area (TPSA) is 58.4 Å². The summed E-state index contributed by atoms with van der Waals surface area (Å²) in [5, 5.41) is 3.85. The van der Waals surface area contributed by atoms with Gasteiger partial charge in [0.25, 0.3) is 5.91 Å². The standard InChI is InChI=1S/C14H21N3OS/c1-17-7-6-10-11(8-17)19-13(15)12(10)14(18)16-9-4-2-3-5-9/h9H,2-8,15H2,1H3,(H,16,18). The third-order valence-corrected chi connectivity index (χ3v) is 5.24. The summed E-state index contributed by atoms with van der Waals surface area (Å²) in [5.74, 6) is 0.0476. The van der Waals surface area contributed by atoms with Gasteiger partial charge in [-0.2, -0.15) is 0 Å². The average molecular weight is 279 g/mol. The van der Waals surface area contributed by atoms with Crippen molar-refractivity contribution >= 4 is 22.2 Å². The first kappa shape index (κ1) is 12.9. The Labute approximate surface area is 118 Å². The Hall–Kier alpha value is -1.07. The Morgan fingerprint density at radius 2 is 2.16 bits per heavy atom.